The fourth-order valence-corrected chi connectivity index (χ4v) is 1.35. The lowest BCUT2D eigenvalue weighted by Crippen LogP contribution is -2.27. The van der Waals surface area contributed by atoms with E-state index in [0.29, 0.717) is 5.92 Å². The maximum atomic E-state index is 10.8. The lowest BCUT2D eigenvalue weighted by molar-refractivity contribution is -0.112. The first-order chi connectivity index (χ1) is 6.43. The van der Waals surface area contributed by atoms with Gasteiger partial charge >= 0.3 is 0 Å². The lowest BCUT2D eigenvalue weighted by Gasteiger charge is -2.27. The molecular weight excluding hydrogens is 176 g/mol. The van der Waals surface area contributed by atoms with Crippen LogP contribution >= 0.6 is 0 Å². The predicted molar refractivity (Wildman–Crippen MR) is 59.3 cm³/mol. The van der Waals surface area contributed by atoms with E-state index in [1.54, 1.807) is 20.1 Å². The summed E-state index contributed by atoms with van der Waals surface area (Å²) in [5.74, 6) is 0.675. The molecule has 0 saturated heterocycles. The Balaban J connectivity index is 4.39. The molecule has 0 aromatic heterocycles. The Hall–Kier alpha value is -0.630. The van der Waals surface area contributed by atoms with E-state index in [0.717, 1.165) is 12.8 Å². The molecule has 14 heavy (non-hydrogen) atoms. The number of hydrogen-bond donors (Lipinski definition) is 0. The average molecular weight is 198 g/mol. The zero-order valence-electron chi connectivity index (χ0n) is 9.96. The van der Waals surface area contributed by atoms with Gasteiger partial charge in [-0.2, -0.15) is 0 Å². The minimum absolute atomic E-state index is 0.0671. The van der Waals surface area contributed by atoms with Crippen LogP contribution in [0.5, 0.6) is 0 Å². The molecular formula is C12H22O2. The molecule has 0 amide bonds. The highest BCUT2D eigenvalue weighted by Gasteiger charge is 2.22. The molecule has 0 heterocycles. The molecule has 2 unspecified atom stereocenters. The first-order valence-electron chi connectivity index (χ1n) is 5.18. The van der Waals surface area contributed by atoms with Gasteiger partial charge in [0.25, 0.3) is 0 Å². The second kappa shape index (κ2) is 5.97. The van der Waals surface area contributed by atoms with Gasteiger partial charge in [0.1, 0.15) is 0 Å². The number of ether oxygens (including phenoxy) is 1. The topological polar surface area (TPSA) is 26.3 Å². The van der Waals surface area contributed by atoms with Crippen LogP contribution < -0.4 is 0 Å². The molecule has 0 saturated carbocycles. The molecule has 2 heteroatoms. The van der Waals surface area contributed by atoms with Crippen LogP contribution in [0.3, 0.4) is 0 Å². The van der Waals surface area contributed by atoms with Crippen LogP contribution in [-0.2, 0) is 9.53 Å². The highest BCUT2D eigenvalue weighted by atomic mass is 16.5. The third-order valence-corrected chi connectivity index (χ3v) is 2.59. The van der Waals surface area contributed by atoms with Crippen molar-refractivity contribution in [3.05, 3.63) is 12.2 Å². The molecule has 0 aliphatic rings. The molecule has 0 fully saturated rings. The Kier molecular flexibility index (Phi) is 5.70. The molecule has 2 nitrogen and oxygen atoms in total. The van der Waals surface area contributed by atoms with Crippen LogP contribution in [0.15, 0.2) is 12.2 Å². The Morgan fingerprint density at radius 1 is 1.57 bits per heavy atom. The van der Waals surface area contributed by atoms with Crippen LogP contribution in [0.1, 0.15) is 40.5 Å². The van der Waals surface area contributed by atoms with E-state index in [-0.39, 0.29) is 11.4 Å². The van der Waals surface area contributed by atoms with Crippen molar-refractivity contribution in [2.75, 3.05) is 7.11 Å². The van der Waals surface area contributed by atoms with Crippen LogP contribution in [0.4, 0.5) is 0 Å². The smallest absolute Gasteiger partial charge is 0.152 e. The lowest BCUT2D eigenvalue weighted by atomic mass is 9.91. The standard InChI is InChI=1S/C12H22O2/c1-6-10(2)9-12(4,14-5)8-7-11(3)13/h7-8,10H,6,9H2,1-5H3/b8-7+. The summed E-state index contributed by atoms with van der Waals surface area (Å²) in [6, 6.07) is 0. The van der Waals surface area contributed by atoms with Gasteiger partial charge in [0.2, 0.25) is 0 Å². The Morgan fingerprint density at radius 2 is 2.14 bits per heavy atom. The third-order valence-electron chi connectivity index (χ3n) is 2.59. The Morgan fingerprint density at radius 3 is 2.50 bits per heavy atom. The van der Waals surface area contributed by atoms with Crippen molar-refractivity contribution in [1.29, 1.82) is 0 Å². The van der Waals surface area contributed by atoms with E-state index < -0.39 is 0 Å². The Bertz CT molecular complexity index is 208. The zero-order chi connectivity index (χ0) is 11.2. The van der Waals surface area contributed by atoms with Crippen molar-refractivity contribution in [3.8, 4) is 0 Å². The van der Waals surface area contributed by atoms with Crippen molar-refractivity contribution >= 4 is 5.78 Å². The summed E-state index contributed by atoms with van der Waals surface area (Å²) in [5.41, 5.74) is -0.304. The molecule has 0 aliphatic carbocycles. The minimum atomic E-state index is -0.304. The van der Waals surface area contributed by atoms with Crippen molar-refractivity contribution in [2.45, 2.75) is 46.1 Å². The number of ketones is 1. The third kappa shape index (κ3) is 5.18. The fourth-order valence-electron chi connectivity index (χ4n) is 1.35. The Labute approximate surface area is 87.3 Å². The summed E-state index contributed by atoms with van der Waals surface area (Å²) < 4.78 is 5.42. The molecule has 0 bridgehead atoms. The van der Waals surface area contributed by atoms with Crippen LogP contribution in [0.2, 0.25) is 0 Å². The molecule has 0 aromatic rings. The molecule has 0 aliphatic heterocycles. The second-order valence-corrected chi connectivity index (χ2v) is 4.18. The number of allylic oxidation sites excluding steroid dienone is 1. The maximum absolute atomic E-state index is 10.8. The van der Waals surface area contributed by atoms with Gasteiger partial charge in [0.05, 0.1) is 5.60 Å². The van der Waals surface area contributed by atoms with Gasteiger partial charge < -0.3 is 4.74 Å². The van der Waals surface area contributed by atoms with Crippen molar-refractivity contribution in [2.24, 2.45) is 5.92 Å². The van der Waals surface area contributed by atoms with Crippen LogP contribution in [0.25, 0.3) is 0 Å². The molecule has 0 spiro atoms. The van der Waals surface area contributed by atoms with Crippen LogP contribution in [-0.4, -0.2) is 18.5 Å². The second-order valence-electron chi connectivity index (χ2n) is 4.18. The largest absolute Gasteiger partial charge is 0.374 e. The summed E-state index contributed by atoms with van der Waals surface area (Å²) in [4.78, 5) is 10.8. The van der Waals surface area contributed by atoms with Gasteiger partial charge in [0, 0.05) is 7.11 Å². The van der Waals surface area contributed by atoms with Gasteiger partial charge in [-0.3, -0.25) is 4.79 Å². The highest BCUT2D eigenvalue weighted by molar-refractivity contribution is 5.87. The fraction of sp³-hybridized carbons (Fsp3) is 0.750. The first kappa shape index (κ1) is 13.4. The number of hydrogen-bond acceptors (Lipinski definition) is 2. The van der Waals surface area contributed by atoms with E-state index in [4.69, 9.17) is 4.74 Å². The summed E-state index contributed by atoms with van der Waals surface area (Å²) in [5, 5.41) is 0. The maximum Gasteiger partial charge on any atom is 0.152 e. The molecule has 0 radical (unpaired) electrons. The van der Waals surface area contributed by atoms with Gasteiger partial charge in [-0.1, -0.05) is 20.3 Å². The quantitative estimate of drug-likeness (QED) is 0.613. The van der Waals surface area contributed by atoms with E-state index in [1.807, 2.05) is 13.0 Å². The summed E-state index contributed by atoms with van der Waals surface area (Å²) in [7, 11) is 1.69. The molecule has 0 rings (SSSR count). The average Bonchev–Trinajstić information content (AvgIpc) is 2.14. The van der Waals surface area contributed by atoms with Crippen molar-refractivity contribution in [3.63, 3.8) is 0 Å². The number of rotatable bonds is 6. The summed E-state index contributed by atoms with van der Waals surface area (Å²) in [6.07, 6.45) is 5.53. The van der Waals surface area contributed by atoms with Crippen LogP contribution in [0, 0.1) is 5.92 Å². The number of carbonyl (C=O) groups is 1. The van der Waals surface area contributed by atoms with E-state index in [2.05, 4.69) is 13.8 Å². The monoisotopic (exact) mass is 198 g/mol. The van der Waals surface area contributed by atoms with E-state index in [9.17, 15) is 4.79 Å². The van der Waals surface area contributed by atoms with Gasteiger partial charge in [-0.15, -0.1) is 0 Å². The van der Waals surface area contributed by atoms with Crippen molar-refractivity contribution in [1.82, 2.24) is 0 Å². The van der Waals surface area contributed by atoms with Gasteiger partial charge in [0.15, 0.2) is 5.78 Å². The molecule has 0 N–H and O–H groups in total. The molecule has 0 aromatic carbocycles. The predicted octanol–water partition coefficient (Wildman–Crippen LogP) is 2.97. The number of carbonyl (C=O) groups excluding carboxylic acids is 1. The van der Waals surface area contributed by atoms with Gasteiger partial charge in [-0.05, 0) is 38.3 Å². The van der Waals surface area contributed by atoms with E-state index in [1.165, 1.54) is 0 Å². The zero-order valence-corrected chi connectivity index (χ0v) is 9.96. The molecule has 82 valence electrons. The first-order valence-corrected chi connectivity index (χ1v) is 5.18. The minimum Gasteiger partial charge on any atom is -0.374 e. The normalized spacial score (nSPS) is 18.1. The summed E-state index contributed by atoms with van der Waals surface area (Å²) in [6.45, 7) is 7.92. The summed E-state index contributed by atoms with van der Waals surface area (Å²) >= 11 is 0. The number of methoxy groups -OCH3 is 1. The highest BCUT2D eigenvalue weighted by Crippen LogP contribution is 2.23. The van der Waals surface area contributed by atoms with Crippen molar-refractivity contribution < 1.29 is 9.53 Å². The molecule has 2 atom stereocenters. The van der Waals surface area contributed by atoms with E-state index >= 15 is 0 Å². The van der Waals surface area contributed by atoms with Gasteiger partial charge in [-0.25, -0.2) is 0 Å². The SMILES string of the molecule is CCC(C)CC(C)(/C=C/C(C)=O)OC.